The number of hydrogen-bond donors (Lipinski definition) is 1. The van der Waals surface area contributed by atoms with Crippen LogP contribution in [0.25, 0.3) is 0 Å². The third kappa shape index (κ3) is 2.49. The first kappa shape index (κ1) is 14.4. The molecule has 0 aromatic carbocycles. The summed E-state index contributed by atoms with van der Waals surface area (Å²) in [6.07, 6.45) is 1.14. The van der Waals surface area contributed by atoms with Gasteiger partial charge in [-0.3, -0.25) is 9.59 Å². The molecule has 19 heavy (non-hydrogen) atoms. The van der Waals surface area contributed by atoms with E-state index in [-0.39, 0.29) is 23.8 Å². The molecular weight excluding hydrogens is 240 g/mol. The van der Waals surface area contributed by atoms with Gasteiger partial charge in [-0.25, -0.2) is 0 Å². The molecule has 1 saturated heterocycles. The van der Waals surface area contributed by atoms with Gasteiger partial charge in [-0.2, -0.15) is 0 Å². The normalized spacial score (nSPS) is 32.5. The van der Waals surface area contributed by atoms with Gasteiger partial charge in [0.05, 0.1) is 0 Å². The van der Waals surface area contributed by atoms with Crippen molar-refractivity contribution in [1.29, 1.82) is 0 Å². The van der Waals surface area contributed by atoms with E-state index in [0.29, 0.717) is 17.9 Å². The fourth-order valence-electron chi connectivity index (χ4n) is 3.05. The molecule has 1 heterocycles. The zero-order chi connectivity index (χ0) is 14.6. The molecule has 0 spiro atoms. The van der Waals surface area contributed by atoms with Crippen LogP contribution in [-0.4, -0.2) is 34.8 Å². The van der Waals surface area contributed by atoms with E-state index in [0.717, 1.165) is 6.42 Å². The highest BCUT2D eigenvalue weighted by Gasteiger charge is 2.52. The third-order valence-corrected chi connectivity index (χ3v) is 4.60. The molecule has 2 amide bonds. The quantitative estimate of drug-likeness (QED) is 0.846. The Labute approximate surface area is 115 Å². The Morgan fingerprint density at radius 2 is 1.79 bits per heavy atom. The number of carbonyl (C=O) groups is 2. The Kier molecular flexibility index (Phi) is 3.19. The maximum absolute atomic E-state index is 12.6. The lowest BCUT2D eigenvalue weighted by molar-refractivity contribution is -0.155. The Bertz CT molecular complexity index is 412. The summed E-state index contributed by atoms with van der Waals surface area (Å²) in [7, 11) is 0. The number of carbonyl (C=O) groups excluding carboxylic acids is 2. The zero-order valence-electron chi connectivity index (χ0n) is 12.9. The number of amides is 2. The Balaban J connectivity index is 2.22. The topological polar surface area (TPSA) is 49.4 Å². The first-order chi connectivity index (χ1) is 8.56. The lowest BCUT2D eigenvalue weighted by Crippen LogP contribution is -2.69. The summed E-state index contributed by atoms with van der Waals surface area (Å²) < 4.78 is 0. The molecule has 2 aliphatic rings. The standard InChI is InChI=1S/C15H26N2O2/c1-9(2)11-12(18)16-15(5,6)13(19)17(11)8-10-7-14(10,3)4/h9-11H,7-8H2,1-6H3,(H,16,18). The van der Waals surface area contributed by atoms with Crippen LogP contribution in [0.4, 0.5) is 0 Å². The molecule has 2 unspecified atom stereocenters. The molecule has 2 fully saturated rings. The monoisotopic (exact) mass is 266 g/mol. The molecule has 0 aromatic heterocycles. The fraction of sp³-hybridized carbons (Fsp3) is 0.867. The molecule has 1 N–H and O–H groups in total. The van der Waals surface area contributed by atoms with Crippen molar-refractivity contribution in [2.24, 2.45) is 17.3 Å². The lowest BCUT2D eigenvalue weighted by atomic mass is 9.91. The van der Waals surface area contributed by atoms with Gasteiger partial charge >= 0.3 is 0 Å². The molecule has 0 radical (unpaired) electrons. The van der Waals surface area contributed by atoms with Gasteiger partial charge in [0.25, 0.3) is 0 Å². The molecular formula is C15H26N2O2. The minimum absolute atomic E-state index is 0.0157. The van der Waals surface area contributed by atoms with Crippen molar-refractivity contribution in [1.82, 2.24) is 10.2 Å². The van der Waals surface area contributed by atoms with Crippen LogP contribution in [0.15, 0.2) is 0 Å². The smallest absolute Gasteiger partial charge is 0.248 e. The van der Waals surface area contributed by atoms with Crippen LogP contribution in [0.2, 0.25) is 0 Å². The zero-order valence-corrected chi connectivity index (χ0v) is 12.9. The summed E-state index contributed by atoms with van der Waals surface area (Å²) in [6, 6.07) is -0.322. The van der Waals surface area contributed by atoms with E-state index >= 15 is 0 Å². The van der Waals surface area contributed by atoms with Crippen molar-refractivity contribution in [2.75, 3.05) is 6.54 Å². The SMILES string of the molecule is CC(C)C1C(=O)NC(C)(C)C(=O)N1CC1CC1(C)C. The minimum Gasteiger partial charge on any atom is -0.340 e. The van der Waals surface area contributed by atoms with Crippen LogP contribution in [0.5, 0.6) is 0 Å². The van der Waals surface area contributed by atoms with Gasteiger partial charge in [0.1, 0.15) is 11.6 Å². The van der Waals surface area contributed by atoms with Crippen molar-refractivity contribution in [2.45, 2.75) is 59.5 Å². The van der Waals surface area contributed by atoms with Crippen molar-refractivity contribution in [3.63, 3.8) is 0 Å². The van der Waals surface area contributed by atoms with Gasteiger partial charge in [-0.05, 0) is 37.5 Å². The van der Waals surface area contributed by atoms with Crippen LogP contribution in [0.1, 0.15) is 48.0 Å². The van der Waals surface area contributed by atoms with Gasteiger partial charge in [0.2, 0.25) is 11.8 Å². The molecule has 0 bridgehead atoms. The van der Waals surface area contributed by atoms with Gasteiger partial charge in [0.15, 0.2) is 0 Å². The molecule has 1 saturated carbocycles. The summed E-state index contributed by atoms with van der Waals surface area (Å²) in [6.45, 7) is 12.7. The van der Waals surface area contributed by atoms with Crippen LogP contribution in [0.3, 0.4) is 0 Å². The number of nitrogens with zero attached hydrogens (tertiary/aromatic N) is 1. The predicted molar refractivity (Wildman–Crippen MR) is 74.4 cm³/mol. The van der Waals surface area contributed by atoms with E-state index in [9.17, 15) is 9.59 Å². The molecule has 0 aromatic rings. The Morgan fingerprint density at radius 3 is 2.21 bits per heavy atom. The highest BCUT2D eigenvalue weighted by molar-refractivity contribution is 5.99. The lowest BCUT2D eigenvalue weighted by Gasteiger charge is -2.44. The van der Waals surface area contributed by atoms with Gasteiger partial charge in [0, 0.05) is 6.54 Å². The Morgan fingerprint density at radius 1 is 1.26 bits per heavy atom. The van der Waals surface area contributed by atoms with E-state index in [2.05, 4.69) is 19.2 Å². The van der Waals surface area contributed by atoms with Crippen LogP contribution < -0.4 is 5.32 Å². The average Bonchev–Trinajstić information content (AvgIpc) is 2.80. The molecule has 2 atom stereocenters. The maximum Gasteiger partial charge on any atom is 0.248 e. The first-order valence-electron chi connectivity index (χ1n) is 7.19. The summed E-state index contributed by atoms with van der Waals surface area (Å²) in [4.78, 5) is 26.7. The summed E-state index contributed by atoms with van der Waals surface area (Å²) in [5.41, 5.74) is -0.457. The molecule has 2 rings (SSSR count). The van der Waals surface area contributed by atoms with Crippen LogP contribution >= 0.6 is 0 Å². The average molecular weight is 266 g/mol. The van der Waals surface area contributed by atoms with Gasteiger partial charge in [-0.1, -0.05) is 27.7 Å². The van der Waals surface area contributed by atoms with Crippen molar-refractivity contribution >= 4 is 11.8 Å². The number of piperazine rings is 1. The maximum atomic E-state index is 12.6. The predicted octanol–water partition coefficient (Wildman–Crippen LogP) is 1.79. The number of rotatable bonds is 3. The minimum atomic E-state index is -0.776. The largest absolute Gasteiger partial charge is 0.340 e. The third-order valence-electron chi connectivity index (χ3n) is 4.60. The van der Waals surface area contributed by atoms with Crippen molar-refractivity contribution < 1.29 is 9.59 Å². The van der Waals surface area contributed by atoms with E-state index < -0.39 is 5.54 Å². The fourth-order valence-corrected chi connectivity index (χ4v) is 3.05. The Hall–Kier alpha value is -1.06. The number of nitrogens with one attached hydrogen (secondary N) is 1. The van der Waals surface area contributed by atoms with Crippen molar-refractivity contribution in [3.05, 3.63) is 0 Å². The summed E-state index contributed by atoms with van der Waals surface area (Å²) in [5.74, 6) is 0.702. The first-order valence-corrected chi connectivity index (χ1v) is 7.19. The number of hydrogen-bond acceptors (Lipinski definition) is 2. The van der Waals surface area contributed by atoms with Crippen LogP contribution in [-0.2, 0) is 9.59 Å². The molecule has 4 nitrogen and oxygen atoms in total. The summed E-state index contributed by atoms with van der Waals surface area (Å²) >= 11 is 0. The highest BCUT2D eigenvalue weighted by atomic mass is 16.2. The van der Waals surface area contributed by atoms with Crippen LogP contribution in [0, 0.1) is 17.3 Å². The molecule has 4 heteroatoms. The van der Waals surface area contributed by atoms with E-state index in [1.54, 1.807) is 13.8 Å². The van der Waals surface area contributed by atoms with Crippen molar-refractivity contribution in [3.8, 4) is 0 Å². The second-order valence-corrected chi connectivity index (χ2v) is 7.65. The van der Waals surface area contributed by atoms with E-state index in [1.807, 2.05) is 18.7 Å². The van der Waals surface area contributed by atoms with E-state index in [1.165, 1.54) is 0 Å². The molecule has 1 aliphatic carbocycles. The highest BCUT2D eigenvalue weighted by Crippen LogP contribution is 2.52. The second-order valence-electron chi connectivity index (χ2n) is 7.65. The second kappa shape index (κ2) is 4.22. The summed E-state index contributed by atoms with van der Waals surface area (Å²) in [5, 5.41) is 2.85. The van der Waals surface area contributed by atoms with E-state index in [4.69, 9.17) is 0 Å². The van der Waals surface area contributed by atoms with Gasteiger partial charge in [-0.15, -0.1) is 0 Å². The molecule has 1 aliphatic heterocycles. The molecule has 108 valence electrons. The van der Waals surface area contributed by atoms with Gasteiger partial charge < -0.3 is 10.2 Å².